The summed E-state index contributed by atoms with van der Waals surface area (Å²) in [5.74, 6) is 0.515. The molecule has 1 heterocycles. The molecule has 14 heteroatoms. The molecule has 0 aliphatic rings. The van der Waals surface area contributed by atoms with Crippen molar-refractivity contribution in [1.29, 1.82) is 0 Å². The van der Waals surface area contributed by atoms with E-state index < -0.39 is 20.5 Å². The lowest BCUT2D eigenvalue weighted by atomic mass is 10.1. The Morgan fingerprint density at radius 3 is 2.45 bits per heavy atom. The van der Waals surface area contributed by atoms with E-state index in [0.29, 0.717) is 16.9 Å². The van der Waals surface area contributed by atoms with E-state index in [1.165, 1.54) is 42.0 Å². The van der Waals surface area contributed by atoms with Gasteiger partial charge in [0, 0.05) is 17.7 Å². The standard InChI is InChI=1S/C22H19F3N4O6S.C2H6/c1-14-6-8-20(28-36(32,33)22(23,24)25)19(10-14)15(2)27-34-13-16-4-3-5-18(11-16)35-21-9-7-17(12-26-21)29(30)31;1-2/h3-12,28H,13H2,1-2H3;1-2H3/b27-15+;. The number of nitrogens with one attached hydrogen (secondary N) is 1. The van der Waals surface area contributed by atoms with Gasteiger partial charge in [0.1, 0.15) is 18.6 Å². The number of alkyl halides is 3. The first-order valence-corrected chi connectivity index (χ1v) is 12.6. The summed E-state index contributed by atoms with van der Waals surface area (Å²) in [6.07, 6.45) is 1.06. The Labute approximate surface area is 217 Å². The second-order valence-electron chi connectivity index (χ2n) is 7.41. The monoisotopic (exact) mass is 554 g/mol. The fraction of sp³-hybridized carbons (Fsp3) is 0.250. The predicted molar refractivity (Wildman–Crippen MR) is 136 cm³/mol. The summed E-state index contributed by atoms with van der Waals surface area (Å²) >= 11 is 0. The number of rotatable bonds is 9. The molecule has 0 radical (unpaired) electrons. The second-order valence-corrected chi connectivity index (χ2v) is 9.09. The van der Waals surface area contributed by atoms with Gasteiger partial charge in [-0.15, -0.1) is 0 Å². The van der Waals surface area contributed by atoms with Gasteiger partial charge >= 0.3 is 15.5 Å². The van der Waals surface area contributed by atoms with Crippen LogP contribution in [0.1, 0.15) is 37.5 Å². The highest BCUT2D eigenvalue weighted by atomic mass is 32.2. The summed E-state index contributed by atoms with van der Waals surface area (Å²) in [4.78, 5) is 19.3. The van der Waals surface area contributed by atoms with Crippen LogP contribution in [0.2, 0.25) is 0 Å². The molecule has 0 aliphatic carbocycles. The van der Waals surface area contributed by atoms with E-state index in [1.54, 1.807) is 31.2 Å². The van der Waals surface area contributed by atoms with Crippen LogP contribution in [-0.4, -0.2) is 29.5 Å². The summed E-state index contributed by atoms with van der Waals surface area (Å²) < 4.78 is 68.6. The van der Waals surface area contributed by atoms with Crippen molar-refractivity contribution < 1.29 is 36.1 Å². The molecule has 0 fully saturated rings. The van der Waals surface area contributed by atoms with Gasteiger partial charge in [-0.1, -0.05) is 42.8 Å². The normalized spacial score (nSPS) is 11.7. The van der Waals surface area contributed by atoms with Crippen molar-refractivity contribution in [3.63, 3.8) is 0 Å². The lowest BCUT2D eigenvalue weighted by Gasteiger charge is -2.14. The van der Waals surface area contributed by atoms with Crippen molar-refractivity contribution in [3.8, 4) is 11.6 Å². The summed E-state index contributed by atoms with van der Waals surface area (Å²) in [5.41, 5.74) is -4.42. The maximum absolute atomic E-state index is 12.8. The van der Waals surface area contributed by atoms with Gasteiger partial charge in [0.2, 0.25) is 5.88 Å². The van der Waals surface area contributed by atoms with Gasteiger partial charge in [0.05, 0.1) is 16.3 Å². The number of oxime groups is 1. The van der Waals surface area contributed by atoms with Crippen molar-refractivity contribution in [2.45, 2.75) is 39.8 Å². The average molecular weight is 555 g/mol. The quantitative estimate of drug-likeness (QED) is 0.186. The molecule has 3 rings (SSSR count). The molecule has 1 N–H and O–H groups in total. The number of hydrogen-bond acceptors (Lipinski definition) is 8. The number of sulfonamides is 1. The van der Waals surface area contributed by atoms with Crippen molar-refractivity contribution in [3.05, 3.63) is 87.6 Å². The third-order valence-corrected chi connectivity index (χ3v) is 5.70. The van der Waals surface area contributed by atoms with Crippen LogP contribution in [-0.2, 0) is 21.5 Å². The summed E-state index contributed by atoms with van der Waals surface area (Å²) in [6, 6.07) is 13.4. The Morgan fingerprint density at radius 2 is 1.84 bits per heavy atom. The zero-order valence-corrected chi connectivity index (χ0v) is 21.6. The number of pyridine rings is 1. The Hall–Kier alpha value is -4.20. The number of aromatic nitrogens is 1. The third-order valence-electron chi connectivity index (χ3n) is 4.60. The van der Waals surface area contributed by atoms with Gasteiger partial charge in [0.15, 0.2) is 0 Å². The molecule has 38 heavy (non-hydrogen) atoms. The fourth-order valence-electron chi connectivity index (χ4n) is 2.86. The van der Waals surface area contributed by atoms with E-state index >= 15 is 0 Å². The molecule has 0 spiro atoms. The van der Waals surface area contributed by atoms with E-state index in [-0.39, 0.29) is 35.1 Å². The highest BCUT2D eigenvalue weighted by Crippen LogP contribution is 2.28. The third kappa shape index (κ3) is 8.16. The molecule has 0 unspecified atom stereocenters. The number of halogens is 3. The number of ether oxygens (including phenoxy) is 1. The van der Waals surface area contributed by atoms with Crippen LogP contribution in [0.15, 0.2) is 65.9 Å². The van der Waals surface area contributed by atoms with Crippen LogP contribution in [0.25, 0.3) is 0 Å². The minimum absolute atomic E-state index is 0.0440. The molecule has 2 aromatic carbocycles. The highest BCUT2D eigenvalue weighted by molar-refractivity contribution is 7.93. The van der Waals surface area contributed by atoms with E-state index in [9.17, 15) is 31.7 Å². The molecular weight excluding hydrogens is 529 g/mol. The van der Waals surface area contributed by atoms with Gasteiger partial charge in [-0.2, -0.15) is 21.6 Å². The van der Waals surface area contributed by atoms with Crippen LogP contribution < -0.4 is 9.46 Å². The number of anilines is 1. The Bertz CT molecular complexity index is 1400. The average Bonchev–Trinajstić information content (AvgIpc) is 2.86. The molecule has 3 aromatic rings. The van der Waals surface area contributed by atoms with Crippen LogP contribution in [0.4, 0.5) is 24.5 Å². The summed E-state index contributed by atoms with van der Waals surface area (Å²) in [7, 11) is -5.62. The minimum atomic E-state index is -5.62. The molecule has 0 atom stereocenters. The second kappa shape index (κ2) is 12.9. The topological polar surface area (TPSA) is 133 Å². The zero-order chi connectivity index (χ0) is 28.5. The van der Waals surface area contributed by atoms with E-state index in [0.717, 1.165) is 6.20 Å². The Morgan fingerprint density at radius 1 is 1.13 bits per heavy atom. The number of hydrogen-bond donors (Lipinski definition) is 1. The lowest BCUT2D eigenvalue weighted by molar-refractivity contribution is -0.385. The Balaban J connectivity index is 0.00000247. The molecule has 0 saturated heterocycles. The smallest absolute Gasteiger partial charge is 0.439 e. The van der Waals surface area contributed by atoms with Gasteiger partial charge in [-0.25, -0.2) is 4.98 Å². The first-order chi connectivity index (χ1) is 17.9. The largest absolute Gasteiger partial charge is 0.516 e. The maximum Gasteiger partial charge on any atom is 0.516 e. The summed E-state index contributed by atoms with van der Waals surface area (Å²) in [6.45, 7) is 7.10. The number of benzene rings is 2. The number of aryl methyl sites for hydroxylation is 1. The van der Waals surface area contributed by atoms with E-state index in [2.05, 4.69) is 10.1 Å². The van der Waals surface area contributed by atoms with Crippen molar-refractivity contribution >= 4 is 27.1 Å². The van der Waals surface area contributed by atoms with Gasteiger partial charge < -0.3 is 9.57 Å². The predicted octanol–water partition coefficient (Wildman–Crippen LogP) is 6.32. The van der Waals surface area contributed by atoms with Crippen LogP contribution in [0.5, 0.6) is 11.6 Å². The van der Waals surface area contributed by atoms with Crippen LogP contribution in [0, 0.1) is 17.0 Å². The highest BCUT2D eigenvalue weighted by Gasteiger charge is 2.46. The Kier molecular flexibility index (Phi) is 10.2. The number of nitro groups is 1. The fourth-order valence-corrected chi connectivity index (χ4v) is 3.45. The van der Waals surface area contributed by atoms with Gasteiger partial charge in [-0.05, 0) is 43.7 Å². The van der Waals surface area contributed by atoms with Crippen molar-refractivity contribution in [2.75, 3.05) is 4.72 Å². The van der Waals surface area contributed by atoms with Crippen molar-refractivity contribution in [1.82, 2.24) is 4.98 Å². The summed E-state index contributed by atoms with van der Waals surface area (Å²) in [5, 5.41) is 14.6. The minimum Gasteiger partial charge on any atom is -0.439 e. The molecule has 1 aromatic heterocycles. The molecule has 0 saturated carbocycles. The maximum atomic E-state index is 12.8. The van der Waals surface area contributed by atoms with Crippen LogP contribution >= 0.6 is 0 Å². The molecule has 0 bridgehead atoms. The first kappa shape index (κ1) is 30.0. The molecule has 10 nitrogen and oxygen atoms in total. The first-order valence-electron chi connectivity index (χ1n) is 11.1. The molecule has 0 amide bonds. The molecule has 204 valence electrons. The van der Waals surface area contributed by atoms with E-state index in [1.807, 2.05) is 13.8 Å². The lowest BCUT2D eigenvalue weighted by Crippen LogP contribution is -2.30. The van der Waals surface area contributed by atoms with Gasteiger partial charge in [0.25, 0.3) is 5.69 Å². The zero-order valence-electron chi connectivity index (χ0n) is 20.8. The van der Waals surface area contributed by atoms with Gasteiger partial charge in [-0.3, -0.25) is 14.8 Å². The van der Waals surface area contributed by atoms with Crippen molar-refractivity contribution in [2.24, 2.45) is 5.16 Å². The SMILES string of the molecule is C/C(=N\OCc1cccc(Oc2ccc([N+](=O)[O-])cn2)c1)c1cc(C)ccc1NS(=O)(=O)C(F)(F)F.CC. The molecule has 0 aliphatic heterocycles. The van der Waals surface area contributed by atoms with Crippen LogP contribution in [0.3, 0.4) is 0 Å². The number of nitrogens with zero attached hydrogens (tertiary/aromatic N) is 3. The van der Waals surface area contributed by atoms with E-state index in [4.69, 9.17) is 9.57 Å². The molecular formula is C24H25F3N4O6S.